The molecule has 0 aliphatic heterocycles. The molecule has 20 heavy (non-hydrogen) atoms. The van der Waals surface area contributed by atoms with Crippen molar-refractivity contribution < 1.29 is 14.0 Å². The first-order valence-electron chi connectivity index (χ1n) is 6.50. The molecule has 0 saturated heterocycles. The summed E-state index contributed by atoms with van der Waals surface area (Å²) in [5.74, 6) is 0.821. The van der Waals surface area contributed by atoms with Gasteiger partial charge in [-0.05, 0) is 12.5 Å². The van der Waals surface area contributed by atoms with E-state index in [0.717, 1.165) is 5.56 Å². The summed E-state index contributed by atoms with van der Waals surface area (Å²) in [4.78, 5) is 4.32. The Hall–Kier alpha value is -1.76. The number of aromatic nitrogens is 2. The van der Waals surface area contributed by atoms with Crippen molar-refractivity contribution in [1.82, 2.24) is 10.1 Å². The highest BCUT2D eigenvalue weighted by atomic mass is 16.5. The topological polar surface area (TPSA) is 83.4 Å². The highest BCUT2D eigenvalue weighted by molar-refractivity contribution is 5.22. The highest BCUT2D eigenvalue weighted by Gasteiger charge is 2.22. The normalized spacial score (nSPS) is 14.2. The Morgan fingerprint density at radius 3 is 2.70 bits per heavy atom. The van der Waals surface area contributed by atoms with Crippen molar-refractivity contribution in [3.05, 3.63) is 47.6 Å². The van der Waals surface area contributed by atoms with Crippen LogP contribution in [0.3, 0.4) is 0 Å². The first-order valence-corrected chi connectivity index (χ1v) is 6.50. The van der Waals surface area contributed by atoms with Gasteiger partial charge in [0.15, 0.2) is 0 Å². The van der Waals surface area contributed by atoms with Gasteiger partial charge in [-0.3, -0.25) is 0 Å². The zero-order valence-corrected chi connectivity index (χ0v) is 11.7. The molecule has 0 spiro atoms. The van der Waals surface area contributed by atoms with Crippen molar-refractivity contribution in [2.24, 2.45) is 5.73 Å². The van der Waals surface area contributed by atoms with Crippen molar-refractivity contribution in [2.75, 3.05) is 20.3 Å². The fourth-order valence-electron chi connectivity index (χ4n) is 1.87. The average Bonchev–Trinajstić information content (AvgIpc) is 2.95. The lowest BCUT2D eigenvalue weighted by atomic mass is 10.1. The van der Waals surface area contributed by atoms with Gasteiger partial charge in [0.1, 0.15) is 12.1 Å². The predicted molar refractivity (Wildman–Crippen MR) is 73.0 cm³/mol. The van der Waals surface area contributed by atoms with E-state index in [4.69, 9.17) is 19.7 Å². The summed E-state index contributed by atoms with van der Waals surface area (Å²) in [6, 6.07) is 9.33. The number of hydrogen-bond acceptors (Lipinski definition) is 6. The molecule has 0 saturated carbocycles. The summed E-state index contributed by atoms with van der Waals surface area (Å²) >= 11 is 0. The number of benzene rings is 1. The lowest BCUT2D eigenvalue weighted by Crippen LogP contribution is -2.16. The minimum absolute atomic E-state index is 0.326. The van der Waals surface area contributed by atoms with E-state index < -0.39 is 6.04 Å². The second-order valence-corrected chi connectivity index (χ2v) is 4.30. The molecule has 2 aromatic rings. The second kappa shape index (κ2) is 7.14. The molecule has 6 nitrogen and oxygen atoms in total. The minimum Gasteiger partial charge on any atom is -0.383 e. The van der Waals surface area contributed by atoms with Crippen LogP contribution in [0.2, 0.25) is 0 Å². The minimum atomic E-state index is -0.431. The lowest BCUT2D eigenvalue weighted by Gasteiger charge is -2.13. The predicted octanol–water partition coefficient (Wildman–Crippen LogP) is 1.84. The summed E-state index contributed by atoms with van der Waals surface area (Å²) < 4.78 is 15.9. The smallest absolute Gasteiger partial charge is 0.246 e. The van der Waals surface area contributed by atoms with Gasteiger partial charge in [0.2, 0.25) is 11.7 Å². The van der Waals surface area contributed by atoms with Crippen LogP contribution in [0.25, 0.3) is 0 Å². The van der Waals surface area contributed by atoms with E-state index in [2.05, 4.69) is 10.1 Å². The molecule has 0 amide bonds. The Bertz CT molecular complexity index is 515. The first kappa shape index (κ1) is 14.6. The molecule has 0 radical (unpaired) electrons. The SMILES string of the molecule is CCOC(c1ccccc1)c1noc(C(N)COC)n1. The van der Waals surface area contributed by atoms with E-state index in [9.17, 15) is 0 Å². The zero-order valence-electron chi connectivity index (χ0n) is 11.7. The summed E-state index contributed by atoms with van der Waals surface area (Å²) in [7, 11) is 1.57. The summed E-state index contributed by atoms with van der Waals surface area (Å²) in [6.07, 6.45) is -0.353. The molecule has 2 N–H and O–H groups in total. The number of methoxy groups -OCH3 is 1. The van der Waals surface area contributed by atoms with Gasteiger partial charge in [0.05, 0.1) is 6.61 Å². The summed E-state index contributed by atoms with van der Waals surface area (Å²) in [6.45, 7) is 2.80. The Labute approximate surface area is 117 Å². The van der Waals surface area contributed by atoms with Crippen LogP contribution in [0.5, 0.6) is 0 Å². The van der Waals surface area contributed by atoms with E-state index in [1.807, 2.05) is 37.3 Å². The molecular weight excluding hydrogens is 258 g/mol. The fourth-order valence-corrected chi connectivity index (χ4v) is 1.87. The van der Waals surface area contributed by atoms with Crippen molar-refractivity contribution in [2.45, 2.75) is 19.1 Å². The molecule has 0 aliphatic rings. The van der Waals surface area contributed by atoms with Crippen LogP contribution in [0.4, 0.5) is 0 Å². The van der Waals surface area contributed by atoms with Crippen LogP contribution in [0.15, 0.2) is 34.9 Å². The Morgan fingerprint density at radius 2 is 2.05 bits per heavy atom. The molecule has 2 rings (SSSR count). The van der Waals surface area contributed by atoms with Gasteiger partial charge in [-0.2, -0.15) is 4.98 Å². The lowest BCUT2D eigenvalue weighted by molar-refractivity contribution is 0.0833. The Morgan fingerprint density at radius 1 is 1.30 bits per heavy atom. The summed E-state index contributed by atoms with van der Waals surface area (Å²) in [5.41, 5.74) is 6.84. The van der Waals surface area contributed by atoms with Gasteiger partial charge in [-0.15, -0.1) is 0 Å². The zero-order chi connectivity index (χ0) is 14.4. The van der Waals surface area contributed by atoms with Crippen LogP contribution in [-0.4, -0.2) is 30.5 Å². The van der Waals surface area contributed by atoms with Crippen LogP contribution >= 0.6 is 0 Å². The highest BCUT2D eigenvalue weighted by Crippen LogP contribution is 2.24. The average molecular weight is 277 g/mol. The molecule has 2 atom stereocenters. The van der Waals surface area contributed by atoms with Crippen molar-refractivity contribution in [1.29, 1.82) is 0 Å². The third kappa shape index (κ3) is 3.41. The van der Waals surface area contributed by atoms with Gasteiger partial charge in [0, 0.05) is 13.7 Å². The van der Waals surface area contributed by atoms with Gasteiger partial charge in [0.25, 0.3) is 0 Å². The molecule has 1 aromatic heterocycles. The van der Waals surface area contributed by atoms with Crippen molar-refractivity contribution >= 4 is 0 Å². The van der Waals surface area contributed by atoms with Gasteiger partial charge in [-0.25, -0.2) is 0 Å². The Balaban J connectivity index is 2.22. The molecule has 1 aromatic carbocycles. The maximum absolute atomic E-state index is 5.87. The van der Waals surface area contributed by atoms with E-state index in [1.54, 1.807) is 7.11 Å². The molecule has 2 unspecified atom stereocenters. The molecule has 0 bridgehead atoms. The fraction of sp³-hybridized carbons (Fsp3) is 0.429. The van der Waals surface area contributed by atoms with E-state index in [-0.39, 0.29) is 6.10 Å². The number of rotatable bonds is 7. The van der Waals surface area contributed by atoms with E-state index in [0.29, 0.717) is 24.9 Å². The van der Waals surface area contributed by atoms with Gasteiger partial charge >= 0.3 is 0 Å². The monoisotopic (exact) mass is 277 g/mol. The molecule has 0 fully saturated rings. The number of hydrogen-bond donors (Lipinski definition) is 1. The molecule has 108 valence electrons. The number of ether oxygens (including phenoxy) is 2. The Kier molecular flexibility index (Phi) is 5.23. The number of nitrogens with zero attached hydrogens (tertiary/aromatic N) is 2. The third-order valence-corrected chi connectivity index (χ3v) is 2.79. The van der Waals surface area contributed by atoms with E-state index >= 15 is 0 Å². The molecular formula is C14H19N3O3. The van der Waals surface area contributed by atoms with Crippen LogP contribution in [0, 0.1) is 0 Å². The maximum atomic E-state index is 5.87. The molecule has 6 heteroatoms. The van der Waals surface area contributed by atoms with Gasteiger partial charge in [-0.1, -0.05) is 35.5 Å². The largest absolute Gasteiger partial charge is 0.383 e. The van der Waals surface area contributed by atoms with Gasteiger partial charge < -0.3 is 19.7 Å². The van der Waals surface area contributed by atoms with Crippen LogP contribution in [0.1, 0.15) is 36.3 Å². The van der Waals surface area contributed by atoms with Crippen LogP contribution < -0.4 is 5.73 Å². The molecule has 1 heterocycles. The van der Waals surface area contributed by atoms with Crippen LogP contribution in [-0.2, 0) is 9.47 Å². The quantitative estimate of drug-likeness (QED) is 0.831. The standard InChI is InChI=1S/C14H19N3O3/c1-3-19-12(10-7-5-4-6-8-10)13-16-14(20-17-13)11(15)9-18-2/h4-8,11-12H,3,9,15H2,1-2H3. The van der Waals surface area contributed by atoms with Crippen molar-refractivity contribution in [3.63, 3.8) is 0 Å². The van der Waals surface area contributed by atoms with E-state index in [1.165, 1.54) is 0 Å². The number of nitrogens with two attached hydrogens (primary N) is 1. The molecule has 0 aliphatic carbocycles. The van der Waals surface area contributed by atoms with Crippen molar-refractivity contribution in [3.8, 4) is 0 Å². The third-order valence-electron chi connectivity index (χ3n) is 2.79. The summed E-state index contributed by atoms with van der Waals surface area (Å²) in [5, 5.41) is 3.97. The maximum Gasteiger partial charge on any atom is 0.246 e. The second-order valence-electron chi connectivity index (χ2n) is 4.30. The first-order chi connectivity index (χ1) is 9.76.